The largest absolute Gasteiger partial charge is 0.423 e. The number of benzene rings is 1. The molecule has 0 amide bonds. The summed E-state index contributed by atoms with van der Waals surface area (Å²) in [5.74, 6) is 0.342. The summed E-state index contributed by atoms with van der Waals surface area (Å²) in [6, 6.07) is 5.87. The summed E-state index contributed by atoms with van der Waals surface area (Å²) < 4.78 is 18.6. The van der Waals surface area contributed by atoms with Gasteiger partial charge >= 0.3 is 0 Å². The van der Waals surface area contributed by atoms with Crippen LogP contribution in [0, 0.1) is 11.7 Å². The van der Waals surface area contributed by atoms with Crippen LogP contribution < -0.4 is 16.4 Å². The van der Waals surface area contributed by atoms with E-state index in [1.165, 1.54) is 12.1 Å². The molecule has 8 N–H and O–H groups in total. The van der Waals surface area contributed by atoms with Crippen LogP contribution in [0.25, 0.3) is 11.1 Å². The smallest absolute Gasteiger partial charge is 0.295 e. The van der Waals surface area contributed by atoms with Crippen LogP contribution in [0.3, 0.4) is 0 Å². The van der Waals surface area contributed by atoms with Crippen molar-refractivity contribution in [2.45, 2.75) is 51.6 Å². The molecule has 7 nitrogen and oxygen atoms in total. The number of oxazole rings is 1. The maximum atomic E-state index is 13.1. The zero-order valence-corrected chi connectivity index (χ0v) is 17.3. The molecule has 27 heavy (non-hydrogen) atoms. The lowest BCUT2D eigenvalue weighted by atomic mass is 9.86. The molecule has 0 radical (unpaired) electrons. The minimum atomic E-state index is -0.307. The van der Waals surface area contributed by atoms with Gasteiger partial charge in [0.05, 0.1) is 0 Å². The summed E-state index contributed by atoms with van der Waals surface area (Å²) in [5, 5.41) is 6.32. The minimum absolute atomic E-state index is 0. The molecule has 1 fully saturated rings. The van der Waals surface area contributed by atoms with Gasteiger partial charge in [-0.05, 0) is 57.3 Å². The molecule has 1 heterocycles. The number of nitrogens with zero attached hydrogens (tertiary/aromatic N) is 1. The summed E-state index contributed by atoms with van der Waals surface area (Å²) in [4.78, 5) is 4.32. The van der Waals surface area contributed by atoms with Gasteiger partial charge in [0, 0.05) is 21.0 Å². The minimum Gasteiger partial charge on any atom is -0.423 e. The van der Waals surface area contributed by atoms with E-state index in [2.05, 4.69) is 29.5 Å². The van der Waals surface area contributed by atoms with Gasteiger partial charge in [0.25, 0.3) is 6.01 Å². The van der Waals surface area contributed by atoms with Crippen molar-refractivity contribution in [3.05, 3.63) is 24.0 Å². The Hall–Kier alpha value is -1.39. The predicted molar refractivity (Wildman–Crippen MR) is 118 cm³/mol. The van der Waals surface area contributed by atoms with Crippen molar-refractivity contribution in [2.24, 2.45) is 11.7 Å². The van der Waals surface area contributed by atoms with Crippen molar-refractivity contribution in [1.29, 1.82) is 0 Å². The lowest BCUT2D eigenvalue weighted by Crippen LogP contribution is -2.29. The van der Waals surface area contributed by atoms with Gasteiger partial charge in [-0.1, -0.05) is 13.8 Å². The quantitative estimate of drug-likeness (QED) is 0.710. The number of hydrogen-bond donors (Lipinski definition) is 3. The second kappa shape index (κ2) is 13.7. The molecule has 3 rings (SSSR count). The van der Waals surface area contributed by atoms with Crippen LogP contribution in [0.4, 0.5) is 10.4 Å². The third-order valence-electron chi connectivity index (χ3n) is 4.44. The molecule has 1 aliphatic rings. The monoisotopic (exact) mass is 410 g/mol. The number of rotatable bonds is 4. The molecule has 0 bridgehead atoms. The van der Waals surface area contributed by atoms with Crippen LogP contribution in [-0.4, -0.2) is 41.6 Å². The molecular weight excluding hydrogens is 371 g/mol. The third-order valence-corrected chi connectivity index (χ3v) is 4.44. The lowest BCUT2D eigenvalue weighted by Gasteiger charge is -2.27. The fourth-order valence-electron chi connectivity index (χ4n) is 2.68. The molecule has 0 spiro atoms. The first-order valence-electron chi connectivity index (χ1n) is 8.71. The first-order valence-corrected chi connectivity index (χ1v) is 8.71. The average Bonchev–Trinajstić information content (AvgIpc) is 2.97. The van der Waals surface area contributed by atoms with E-state index >= 15 is 0 Å². The molecule has 9 heteroatoms. The second-order valence-electron chi connectivity index (χ2n) is 6.67. The highest BCUT2D eigenvalue weighted by molar-refractivity contribution is 7.59. The Labute approximate surface area is 170 Å². The van der Waals surface area contributed by atoms with Gasteiger partial charge in [0.1, 0.15) is 11.3 Å². The molecule has 2 aromatic rings. The second-order valence-corrected chi connectivity index (χ2v) is 6.67. The molecule has 0 saturated heterocycles. The molecule has 1 aromatic carbocycles. The van der Waals surface area contributed by atoms with Gasteiger partial charge in [0.15, 0.2) is 5.58 Å². The Morgan fingerprint density at radius 2 is 1.85 bits per heavy atom. The van der Waals surface area contributed by atoms with E-state index in [1.54, 1.807) is 6.07 Å². The van der Waals surface area contributed by atoms with Crippen LogP contribution in [0.5, 0.6) is 0 Å². The van der Waals surface area contributed by atoms with Gasteiger partial charge < -0.3 is 31.7 Å². The predicted octanol–water partition coefficient (Wildman–Crippen LogP) is 2.47. The van der Waals surface area contributed by atoms with Crippen LogP contribution in [0.2, 0.25) is 0 Å². The highest BCUT2D eigenvalue weighted by Crippen LogP contribution is 2.27. The Balaban J connectivity index is -0.000000283. The maximum absolute atomic E-state index is 13.1. The van der Waals surface area contributed by atoms with Gasteiger partial charge in [-0.3, -0.25) is 0 Å². The zero-order chi connectivity index (χ0) is 17.5. The number of fused-ring (bicyclic) bond motifs is 1. The average molecular weight is 411 g/mol. The Morgan fingerprint density at radius 3 is 2.37 bits per heavy atom. The third kappa shape index (κ3) is 8.89. The van der Waals surface area contributed by atoms with E-state index in [9.17, 15) is 4.39 Å². The van der Waals surface area contributed by atoms with Crippen LogP contribution in [0.1, 0.15) is 42.4 Å². The van der Waals surface area contributed by atoms with E-state index in [1.807, 2.05) is 7.05 Å². The topological polar surface area (TPSA) is 139 Å². The van der Waals surface area contributed by atoms with Crippen molar-refractivity contribution in [3.8, 4) is 0 Å². The lowest BCUT2D eigenvalue weighted by molar-refractivity contribution is 0.341. The van der Waals surface area contributed by atoms with E-state index < -0.39 is 0 Å². The van der Waals surface area contributed by atoms with Gasteiger partial charge in [-0.15, -0.1) is 0 Å². The Kier molecular flexibility index (Phi) is 14.1. The number of aromatic nitrogens is 1. The number of hydrogen-bond acceptors (Lipinski definition) is 5. The van der Waals surface area contributed by atoms with E-state index in [4.69, 9.17) is 10.2 Å². The van der Waals surface area contributed by atoms with Crippen molar-refractivity contribution < 1.29 is 22.6 Å². The van der Waals surface area contributed by atoms with Crippen molar-refractivity contribution >= 4 is 30.6 Å². The fourth-order valence-corrected chi connectivity index (χ4v) is 2.68. The SMILES string of the molecule is CNC(C)C.NCC1CCC(Nc2nc3ccc(F)cc3o2)CC1.O.O.S.[HH].[HH]. The van der Waals surface area contributed by atoms with Crippen molar-refractivity contribution in [2.75, 3.05) is 18.9 Å². The molecular formula is C18H39FN4O3S. The Morgan fingerprint density at radius 1 is 1.26 bits per heavy atom. The number of halogens is 1. The van der Waals surface area contributed by atoms with Crippen LogP contribution in [-0.2, 0) is 0 Å². The van der Waals surface area contributed by atoms with Crippen molar-refractivity contribution in [3.63, 3.8) is 0 Å². The molecule has 1 aliphatic carbocycles. The molecule has 0 aliphatic heterocycles. The first-order chi connectivity index (χ1) is 11.5. The molecule has 162 valence electrons. The molecule has 1 aromatic heterocycles. The van der Waals surface area contributed by atoms with Gasteiger partial charge in [-0.25, -0.2) is 4.39 Å². The first kappa shape index (κ1) is 27.8. The zero-order valence-electron chi connectivity index (χ0n) is 16.3. The maximum Gasteiger partial charge on any atom is 0.295 e. The normalized spacial score (nSPS) is 18.4. The summed E-state index contributed by atoms with van der Waals surface area (Å²) in [7, 11) is 1.95. The van der Waals surface area contributed by atoms with E-state index in [-0.39, 0.29) is 33.1 Å². The molecule has 0 unspecified atom stereocenters. The molecule has 1 saturated carbocycles. The number of anilines is 1. The fraction of sp³-hybridized carbons (Fsp3) is 0.611. The Bertz CT molecular complexity index is 645. The summed E-state index contributed by atoms with van der Waals surface area (Å²) in [5.41, 5.74) is 6.84. The van der Waals surface area contributed by atoms with Gasteiger partial charge in [-0.2, -0.15) is 18.5 Å². The highest BCUT2D eigenvalue weighted by Gasteiger charge is 2.21. The molecule has 0 atom stereocenters. The van der Waals surface area contributed by atoms with Crippen LogP contribution >= 0.6 is 13.5 Å². The summed E-state index contributed by atoms with van der Waals surface area (Å²) in [6.07, 6.45) is 4.44. The highest BCUT2D eigenvalue weighted by atomic mass is 32.1. The number of nitrogens with two attached hydrogens (primary N) is 1. The summed E-state index contributed by atoms with van der Waals surface area (Å²) in [6.45, 7) is 4.99. The number of nitrogens with one attached hydrogen (secondary N) is 2. The van der Waals surface area contributed by atoms with E-state index in [0.29, 0.717) is 35.1 Å². The van der Waals surface area contributed by atoms with Crippen LogP contribution in [0.15, 0.2) is 22.6 Å². The van der Waals surface area contributed by atoms with Crippen molar-refractivity contribution in [1.82, 2.24) is 10.3 Å². The summed E-state index contributed by atoms with van der Waals surface area (Å²) >= 11 is 0. The standard InChI is InChI=1S/C14H18FN3O.C4H11N.2H2O.H2S.2H2/c15-10-3-6-12-13(7-10)19-14(18-12)17-11-4-1-9(8-16)2-5-11;1-4(2)5-3;;;;;/h3,6-7,9,11H,1-2,4-5,8,16H2,(H,17,18);4-5H,1-3H3;3*1H2;2*1H. The van der Waals surface area contributed by atoms with Gasteiger partial charge in [0.2, 0.25) is 0 Å². The van der Waals surface area contributed by atoms with E-state index in [0.717, 1.165) is 32.2 Å².